The standard InChI is InChI=1S/C15H13ClN2/c1-11-5-6-18-14(7-11)10-17-15(18)9-12-3-2-4-13(16)8-12/h2-8,10H,9H2,1H3. The smallest absolute Gasteiger partial charge is 0.117 e. The highest BCUT2D eigenvalue weighted by molar-refractivity contribution is 6.30. The fourth-order valence-corrected chi connectivity index (χ4v) is 2.34. The molecule has 0 unspecified atom stereocenters. The van der Waals surface area contributed by atoms with Crippen LogP contribution >= 0.6 is 11.6 Å². The Morgan fingerprint density at radius 1 is 1.22 bits per heavy atom. The molecule has 0 spiro atoms. The summed E-state index contributed by atoms with van der Waals surface area (Å²) in [5, 5.41) is 0.768. The van der Waals surface area contributed by atoms with Crippen LogP contribution in [-0.2, 0) is 6.42 Å². The largest absolute Gasteiger partial charge is 0.303 e. The first-order valence-electron chi connectivity index (χ1n) is 5.89. The van der Waals surface area contributed by atoms with Crippen LogP contribution in [0, 0.1) is 6.92 Å². The van der Waals surface area contributed by atoms with Gasteiger partial charge in [0.1, 0.15) is 5.82 Å². The summed E-state index contributed by atoms with van der Waals surface area (Å²) in [5.41, 5.74) is 3.55. The number of rotatable bonds is 2. The van der Waals surface area contributed by atoms with Gasteiger partial charge in [-0.05, 0) is 42.3 Å². The van der Waals surface area contributed by atoms with E-state index in [0.717, 1.165) is 22.8 Å². The molecule has 2 aromatic heterocycles. The van der Waals surface area contributed by atoms with Crippen molar-refractivity contribution in [1.82, 2.24) is 9.38 Å². The lowest BCUT2D eigenvalue weighted by Crippen LogP contribution is -1.96. The van der Waals surface area contributed by atoms with E-state index in [0.29, 0.717) is 0 Å². The number of aryl methyl sites for hydroxylation is 1. The van der Waals surface area contributed by atoms with E-state index < -0.39 is 0 Å². The van der Waals surface area contributed by atoms with Crippen LogP contribution in [0.2, 0.25) is 5.02 Å². The molecule has 0 aliphatic heterocycles. The van der Waals surface area contributed by atoms with Crippen LogP contribution in [0.4, 0.5) is 0 Å². The third-order valence-electron chi connectivity index (χ3n) is 3.02. The third kappa shape index (κ3) is 2.12. The molecule has 90 valence electrons. The fourth-order valence-electron chi connectivity index (χ4n) is 2.13. The first-order valence-corrected chi connectivity index (χ1v) is 6.27. The molecular formula is C15H13ClN2. The van der Waals surface area contributed by atoms with E-state index >= 15 is 0 Å². The number of hydrogen-bond acceptors (Lipinski definition) is 1. The van der Waals surface area contributed by atoms with Gasteiger partial charge in [0, 0.05) is 17.6 Å². The van der Waals surface area contributed by atoms with Gasteiger partial charge >= 0.3 is 0 Å². The van der Waals surface area contributed by atoms with Crippen LogP contribution in [0.15, 0.2) is 48.8 Å². The zero-order chi connectivity index (χ0) is 12.5. The summed E-state index contributed by atoms with van der Waals surface area (Å²) < 4.78 is 2.12. The van der Waals surface area contributed by atoms with Crippen LogP contribution in [0.5, 0.6) is 0 Å². The Balaban J connectivity index is 2.00. The molecule has 2 heterocycles. The molecular weight excluding hydrogens is 244 g/mol. The Bertz CT molecular complexity index is 701. The molecule has 0 radical (unpaired) electrons. The van der Waals surface area contributed by atoms with E-state index in [-0.39, 0.29) is 0 Å². The molecule has 3 rings (SSSR count). The molecule has 0 atom stereocenters. The van der Waals surface area contributed by atoms with E-state index in [1.54, 1.807) is 0 Å². The topological polar surface area (TPSA) is 17.3 Å². The number of benzene rings is 1. The first-order chi connectivity index (χ1) is 8.72. The summed E-state index contributed by atoms with van der Waals surface area (Å²) in [7, 11) is 0. The Hall–Kier alpha value is -1.80. The molecule has 0 amide bonds. The average molecular weight is 257 g/mol. The highest BCUT2D eigenvalue weighted by Crippen LogP contribution is 2.16. The molecule has 0 N–H and O–H groups in total. The molecule has 18 heavy (non-hydrogen) atoms. The normalized spacial score (nSPS) is 11.0. The maximum absolute atomic E-state index is 6.00. The van der Waals surface area contributed by atoms with E-state index in [2.05, 4.69) is 40.7 Å². The zero-order valence-corrected chi connectivity index (χ0v) is 10.9. The molecule has 0 aliphatic rings. The number of pyridine rings is 1. The van der Waals surface area contributed by atoms with Gasteiger partial charge < -0.3 is 4.40 Å². The monoisotopic (exact) mass is 256 g/mol. The maximum Gasteiger partial charge on any atom is 0.117 e. The van der Waals surface area contributed by atoms with Crippen molar-refractivity contribution in [3.05, 3.63) is 70.8 Å². The second-order valence-electron chi connectivity index (χ2n) is 4.48. The molecule has 2 nitrogen and oxygen atoms in total. The second-order valence-corrected chi connectivity index (χ2v) is 4.92. The van der Waals surface area contributed by atoms with Crippen molar-refractivity contribution in [2.24, 2.45) is 0 Å². The number of imidazole rings is 1. The first kappa shape index (κ1) is 11.3. The minimum Gasteiger partial charge on any atom is -0.303 e. The molecule has 0 bridgehead atoms. The Kier molecular flexibility index (Phi) is 2.80. The van der Waals surface area contributed by atoms with Gasteiger partial charge in [0.25, 0.3) is 0 Å². The molecule has 3 heteroatoms. The summed E-state index contributed by atoms with van der Waals surface area (Å²) in [5.74, 6) is 1.03. The molecule has 3 aromatic rings. The van der Waals surface area contributed by atoms with Crippen molar-refractivity contribution >= 4 is 17.1 Å². The van der Waals surface area contributed by atoms with Crippen LogP contribution in [0.1, 0.15) is 17.0 Å². The fraction of sp³-hybridized carbons (Fsp3) is 0.133. The number of halogens is 1. The van der Waals surface area contributed by atoms with Gasteiger partial charge in [-0.2, -0.15) is 0 Å². The highest BCUT2D eigenvalue weighted by Gasteiger charge is 2.05. The van der Waals surface area contributed by atoms with Crippen LogP contribution < -0.4 is 0 Å². The van der Waals surface area contributed by atoms with E-state index in [1.165, 1.54) is 11.1 Å². The highest BCUT2D eigenvalue weighted by atomic mass is 35.5. The Labute approximate surface area is 111 Å². The van der Waals surface area contributed by atoms with Crippen LogP contribution in [0.25, 0.3) is 5.52 Å². The van der Waals surface area contributed by atoms with Gasteiger partial charge in [0.15, 0.2) is 0 Å². The van der Waals surface area contributed by atoms with Crippen molar-refractivity contribution in [2.45, 2.75) is 13.3 Å². The van der Waals surface area contributed by atoms with Crippen LogP contribution in [0.3, 0.4) is 0 Å². The van der Waals surface area contributed by atoms with Gasteiger partial charge in [-0.25, -0.2) is 4.98 Å². The van der Waals surface area contributed by atoms with Crippen molar-refractivity contribution in [1.29, 1.82) is 0 Å². The van der Waals surface area contributed by atoms with Crippen molar-refractivity contribution in [2.75, 3.05) is 0 Å². The number of aromatic nitrogens is 2. The molecule has 0 aliphatic carbocycles. The Morgan fingerprint density at radius 3 is 2.94 bits per heavy atom. The van der Waals surface area contributed by atoms with E-state index in [4.69, 9.17) is 11.6 Å². The predicted octanol–water partition coefficient (Wildman–Crippen LogP) is 3.89. The van der Waals surface area contributed by atoms with E-state index in [1.807, 2.05) is 24.4 Å². The zero-order valence-electron chi connectivity index (χ0n) is 10.1. The maximum atomic E-state index is 6.00. The molecule has 1 aromatic carbocycles. The summed E-state index contributed by atoms with van der Waals surface area (Å²) in [6.07, 6.45) is 4.77. The summed E-state index contributed by atoms with van der Waals surface area (Å²) in [6, 6.07) is 12.1. The van der Waals surface area contributed by atoms with Crippen molar-refractivity contribution < 1.29 is 0 Å². The van der Waals surface area contributed by atoms with Crippen molar-refractivity contribution in [3.63, 3.8) is 0 Å². The van der Waals surface area contributed by atoms with E-state index in [9.17, 15) is 0 Å². The van der Waals surface area contributed by atoms with Gasteiger partial charge in [-0.1, -0.05) is 23.7 Å². The second kappa shape index (κ2) is 4.46. The third-order valence-corrected chi connectivity index (χ3v) is 3.25. The minimum atomic E-state index is 0.768. The Morgan fingerprint density at radius 2 is 2.11 bits per heavy atom. The van der Waals surface area contributed by atoms with Gasteiger partial charge in [-0.15, -0.1) is 0 Å². The number of fused-ring (bicyclic) bond motifs is 1. The molecule has 0 saturated heterocycles. The molecule has 0 fully saturated rings. The SMILES string of the molecule is Cc1ccn2c(Cc3cccc(Cl)c3)ncc2c1. The number of hydrogen-bond donors (Lipinski definition) is 0. The lowest BCUT2D eigenvalue weighted by atomic mass is 10.1. The predicted molar refractivity (Wildman–Crippen MR) is 74.2 cm³/mol. The summed E-state index contributed by atoms with van der Waals surface area (Å²) in [4.78, 5) is 4.48. The summed E-state index contributed by atoms with van der Waals surface area (Å²) >= 11 is 6.00. The quantitative estimate of drug-likeness (QED) is 0.680. The van der Waals surface area contributed by atoms with Gasteiger partial charge in [-0.3, -0.25) is 0 Å². The van der Waals surface area contributed by atoms with Gasteiger partial charge in [0.05, 0.1) is 11.7 Å². The molecule has 0 saturated carbocycles. The number of nitrogens with zero attached hydrogens (tertiary/aromatic N) is 2. The average Bonchev–Trinajstić information content (AvgIpc) is 2.72. The summed E-state index contributed by atoms with van der Waals surface area (Å²) in [6.45, 7) is 2.09. The lowest BCUT2D eigenvalue weighted by Gasteiger charge is -2.03. The van der Waals surface area contributed by atoms with Crippen molar-refractivity contribution in [3.8, 4) is 0 Å². The minimum absolute atomic E-state index is 0.768. The van der Waals surface area contributed by atoms with Gasteiger partial charge in [0.2, 0.25) is 0 Å². The lowest BCUT2D eigenvalue weighted by molar-refractivity contribution is 0.960. The van der Waals surface area contributed by atoms with Crippen LogP contribution in [-0.4, -0.2) is 9.38 Å².